The van der Waals surface area contributed by atoms with Crippen molar-refractivity contribution in [2.45, 2.75) is 12.1 Å². The van der Waals surface area contributed by atoms with Crippen molar-refractivity contribution in [2.75, 3.05) is 11.9 Å². The maximum absolute atomic E-state index is 10.6. The van der Waals surface area contributed by atoms with E-state index in [4.69, 9.17) is 24.8 Å². The summed E-state index contributed by atoms with van der Waals surface area (Å²) >= 11 is 9.50. The Morgan fingerprint density at radius 3 is 2.79 bits per heavy atom. The maximum Gasteiger partial charge on any atom is 1.00 e. The quantitative estimate of drug-likeness (QED) is 0.343. The van der Waals surface area contributed by atoms with Gasteiger partial charge in [0.1, 0.15) is 5.78 Å². The number of aromatic amines is 1. The molecule has 5 nitrogen and oxygen atoms in total. The normalized spacial score (nSPS) is 8.93. The Morgan fingerprint density at radius 2 is 2.29 bits per heavy atom. The number of hydrogen-bond donors (Lipinski definition) is 2. The minimum atomic E-state index is 0. The summed E-state index contributed by atoms with van der Waals surface area (Å²) in [7, 11) is 0. The largest absolute Gasteiger partial charge is 1.00 e. The Bertz CT molecular complexity index is 380. The third-order valence-electron chi connectivity index (χ3n) is 1.13. The first-order valence-corrected chi connectivity index (χ1v) is 4.28. The molecule has 1 aromatic rings. The molecule has 1 heterocycles. The zero-order chi connectivity index (χ0) is 9.84. The van der Waals surface area contributed by atoms with Crippen molar-refractivity contribution in [3.63, 3.8) is 0 Å². The second-order valence-corrected chi connectivity index (χ2v) is 3.09. The smallest absolute Gasteiger partial charge is 0.742 e. The summed E-state index contributed by atoms with van der Waals surface area (Å²) in [4.78, 5) is 20.8. The van der Waals surface area contributed by atoms with Gasteiger partial charge in [0.2, 0.25) is 10.7 Å². The van der Waals surface area contributed by atoms with Gasteiger partial charge in [-0.15, -0.1) is 0 Å². The van der Waals surface area contributed by atoms with Gasteiger partial charge in [0.05, 0.1) is 6.54 Å². The van der Waals surface area contributed by atoms with Crippen LogP contribution in [0.4, 0.5) is 5.95 Å². The summed E-state index contributed by atoms with van der Waals surface area (Å²) in [6.45, 7) is 1.66. The number of nitrogens with one attached hydrogen (secondary N) is 2. The van der Waals surface area contributed by atoms with E-state index in [1.165, 1.54) is 6.92 Å². The fourth-order valence-electron chi connectivity index (χ4n) is 0.657. The predicted octanol–water partition coefficient (Wildman–Crippen LogP) is -2.56. The second-order valence-electron chi connectivity index (χ2n) is 2.34. The van der Waals surface area contributed by atoms with Crippen LogP contribution in [0, 0.1) is 4.77 Å². The van der Waals surface area contributed by atoms with Crippen LogP contribution in [-0.2, 0) is 17.4 Å². The van der Waals surface area contributed by atoms with Gasteiger partial charge in [0.25, 0.3) is 0 Å². The average molecular weight is 238 g/mol. The van der Waals surface area contributed by atoms with Gasteiger partial charge in [-0.25, -0.2) is 4.98 Å². The number of carbonyl (C=O) groups excluding carboxylic acids is 1. The van der Waals surface area contributed by atoms with Crippen LogP contribution in [0.15, 0.2) is 5.16 Å². The fraction of sp³-hybridized carbons (Fsp3) is 0.333. The van der Waals surface area contributed by atoms with Crippen molar-refractivity contribution < 1.29 is 34.4 Å². The molecule has 1 aromatic heterocycles. The molecular weight excluding hydrogens is 231 g/mol. The molecule has 0 aromatic carbocycles. The van der Waals surface area contributed by atoms with Crippen LogP contribution in [0.2, 0.25) is 0 Å². The number of hydrogen-bond acceptors (Lipinski definition) is 6. The molecule has 0 saturated carbocycles. The van der Waals surface area contributed by atoms with Crippen LogP contribution >= 0.6 is 12.2 Å². The third-order valence-corrected chi connectivity index (χ3v) is 1.51. The Labute approximate surface area is 114 Å². The molecule has 0 atom stereocenters. The van der Waals surface area contributed by atoms with Crippen LogP contribution in [0.3, 0.4) is 0 Å². The summed E-state index contributed by atoms with van der Waals surface area (Å²) in [5.74, 6) is 0.379. The van der Waals surface area contributed by atoms with E-state index < -0.39 is 0 Å². The maximum atomic E-state index is 10.6. The fourth-order valence-corrected chi connectivity index (χ4v) is 1.08. The summed E-state index contributed by atoms with van der Waals surface area (Å²) in [5, 5.41) is 2.99. The van der Waals surface area contributed by atoms with Gasteiger partial charge in [-0.2, -0.15) is 4.98 Å². The van der Waals surface area contributed by atoms with Crippen LogP contribution in [0.25, 0.3) is 0 Å². The number of aromatic nitrogens is 3. The molecule has 1 rings (SSSR count). The molecule has 0 unspecified atom stereocenters. The van der Waals surface area contributed by atoms with Gasteiger partial charge in [-0.1, -0.05) is 0 Å². The van der Waals surface area contributed by atoms with Gasteiger partial charge in [0.15, 0.2) is 0 Å². The molecule has 0 bridgehead atoms. The molecule has 0 aliphatic carbocycles. The molecule has 0 spiro atoms. The second kappa shape index (κ2) is 6.41. The van der Waals surface area contributed by atoms with Gasteiger partial charge in [0, 0.05) is 0 Å². The van der Waals surface area contributed by atoms with E-state index in [0.29, 0.717) is 5.95 Å². The summed E-state index contributed by atoms with van der Waals surface area (Å²) in [6.07, 6.45) is 0. The Balaban J connectivity index is 0.00000169. The standard InChI is InChI=1S/C6H8N4OS2.Na/c1-3(11)2-7-4-8-5(12)10-6(13)9-4;/h2H2,1H3,(H3,7,8,9,10,12,13);/q;+1/p-1. The molecule has 14 heavy (non-hydrogen) atoms. The SMILES string of the molecule is CC(=O)CNc1nc(=S)nc([S-])[nH]1.[Na+]. The van der Waals surface area contributed by atoms with Gasteiger partial charge in [-0.05, 0) is 24.3 Å². The van der Waals surface area contributed by atoms with E-state index in [1.807, 2.05) is 0 Å². The first-order valence-electron chi connectivity index (χ1n) is 3.46. The summed E-state index contributed by atoms with van der Waals surface area (Å²) < 4.78 is 0.162. The zero-order valence-corrected chi connectivity index (χ0v) is 11.5. The molecule has 70 valence electrons. The molecule has 0 fully saturated rings. The molecule has 2 N–H and O–H groups in total. The molecule has 0 aliphatic rings. The number of rotatable bonds is 3. The predicted molar refractivity (Wildman–Crippen MR) is 52.0 cm³/mol. The van der Waals surface area contributed by atoms with Crippen molar-refractivity contribution >= 4 is 36.6 Å². The number of ketones is 1. The number of anilines is 1. The van der Waals surface area contributed by atoms with Crippen molar-refractivity contribution in [3.05, 3.63) is 4.77 Å². The van der Waals surface area contributed by atoms with Crippen molar-refractivity contribution in [1.82, 2.24) is 15.0 Å². The molecule has 0 aliphatic heterocycles. The van der Waals surface area contributed by atoms with Gasteiger partial charge >= 0.3 is 29.6 Å². The van der Waals surface area contributed by atoms with Crippen molar-refractivity contribution in [1.29, 1.82) is 0 Å². The van der Waals surface area contributed by atoms with E-state index in [2.05, 4.69) is 20.3 Å². The number of nitrogens with zero attached hydrogens (tertiary/aromatic N) is 2. The first kappa shape index (κ1) is 13.9. The molecule has 0 saturated heterocycles. The van der Waals surface area contributed by atoms with E-state index in [1.54, 1.807) is 0 Å². The molecule has 0 radical (unpaired) electrons. The van der Waals surface area contributed by atoms with E-state index in [-0.39, 0.29) is 51.8 Å². The Morgan fingerprint density at radius 1 is 1.64 bits per heavy atom. The van der Waals surface area contributed by atoms with Gasteiger partial charge < -0.3 is 22.9 Å². The molecular formula is C6H7N4NaOS2. The van der Waals surface area contributed by atoms with Gasteiger partial charge in [-0.3, -0.25) is 4.79 Å². The number of Topliss-reactive ketones (excluding diaryl/α,β-unsaturated/α-hetero) is 1. The Kier molecular flexibility index (Phi) is 6.38. The average Bonchev–Trinajstić information content (AvgIpc) is 1.99. The first-order chi connectivity index (χ1) is 6.08. The van der Waals surface area contributed by atoms with Crippen LogP contribution in [0.5, 0.6) is 0 Å². The van der Waals surface area contributed by atoms with Crippen LogP contribution in [0.1, 0.15) is 6.92 Å². The summed E-state index contributed by atoms with van der Waals surface area (Å²) in [6, 6.07) is 0. The Hall–Kier alpha value is -0.0800. The monoisotopic (exact) mass is 238 g/mol. The minimum absolute atomic E-state index is 0. The van der Waals surface area contributed by atoms with Crippen LogP contribution < -0.4 is 34.9 Å². The van der Waals surface area contributed by atoms with E-state index in [9.17, 15) is 4.79 Å². The van der Waals surface area contributed by atoms with Crippen molar-refractivity contribution in [3.8, 4) is 0 Å². The van der Waals surface area contributed by atoms with E-state index >= 15 is 0 Å². The summed E-state index contributed by atoms with van der Waals surface area (Å²) in [5.41, 5.74) is 0. The number of carbonyl (C=O) groups is 1. The van der Waals surface area contributed by atoms with E-state index in [0.717, 1.165) is 0 Å². The minimum Gasteiger partial charge on any atom is -0.742 e. The van der Waals surface area contributed by atoms with Crippen LogP contribution in [-0.4, -0.2) is 27.3 Å². The zero-order valence-electron chi connectivity index (χ0n) is 7.83. The molecule has 8 heteroatoms. The third kappa shape index (κ3) is 4.97. The number of H-pyrrole nitrogens is 1. The topological polar surface area (TPSA) is 70.7 Å². The molecule has 0 amide bonds. The van der Waals surface area contributed by atoms with Crippen molar-refractivity contribution in [2.24, 2.45) is 0 Å².